The Labute approximate surface area is 67.9 Å². The van der Waals surface area contributed by atoms with E-state index in [1.807, 2.05) is 0 Å². The van der Waals surface area contributed by atoms with Gasteiger partial charge in [0, 0.05) is 0 Å². The molecule has 0 saturated heterocycles. The largest absolute Gasteiger partial charge is 0.416 e. The SMILES string of the molecule is C=C/C(F)=C(/C)C(=C)C(F)(F)F. The lowest BCUT2D eigenvalue weighted by Gasteiger charge is -2.09. The molecule has 0 fully saturated rings. The van der Waals surface area contributed by atoms with E-state index in [0.29, 0.717) is 6.08 Å². The van der Waals surface area contributed by atoms with E-state index in [4.69, 9.17) is 0 Å². The highest BCUT2D eigenvalue weighted by atomic mass is 19.4. The summed E-state index contributed by atoms with van der Waals surface area (Å²) in [6.07, 6.45) is -3.86. The highest BCUT2D eigenvalue weighted by Gasteiger charge is 2.33. The molecule has 12 heavy (non-hydrogen) atoms. The third-order valence-electron chi connectivity index (χ3n) is 1.33. The second-order valence-corrected chi connectivity index (χ2v) is 2.15. The van der Waals surface area contributed by atoms with Gasteiger partial charge in [-0.1, -0.05) is 13.2 Å². The zero-order chi connectivity index (χ0) is 9.94. The van der Waals surface area contributed by atoms with Gasteiger partial charge in [0.15, 0.2) is 0 Å². The number of allylic oxidation sites excluding steroid dienone is 4. The number of rotatable bonds is 2. The molecular formula is C8H8F4. The maximum Gasteiger partial charge on any atom is 0.416 e. The molecule has 0 aromatic rings. The van der Waals surface area contributed by atoms with Crippen molar-refractivity contribution >= 4 is 0 Å². The first-order chi connectivity index (χ1) is 5.30. The van der Waals surface area contributed by atoms with Crippen molar-refractivity contribution in [2.24, 2.45) is 0 Å². The average molecular weight is 180 g/mol. The molecule has 0 rings (SSSR count). The molecule has 0 aromatic carbocycles. The molecule has 4 heteroatoms. The van der Waals surface area contributed by atoms with Crippen LogP contribution in [0, 0.1) is 0 Å². The summed E-state index contributed by atoms with van der Waals surface area (Å²) in [7, 11) is 0. The van der Waals surface area contributed by atoms with Crippen LogP contribution in [0.25, 0.3) is 0 Å². The Morgan fingerprint density at radius 3 is 2.00 bits per heavy atom. The smallest absolute Gasteiger partial charge is 0.207 e. The third kappa shape index (κ3) is 2.53. The Morgan fingerprint density at radius 1 is 1.33 bits per heavy atom. The van der Waals surface area contributed by atoms with E-state index < -0.39 is 23.1 Å². The predicted octanol–water partition coefficient (Wildman–Crippen LogP) is 3.53. The summed E-state index contributed by atoms with van der Waals surface area (Å²) in [5.41, 5.74) is -1.71. The molecule has 0 aliphatic heterocycles. The molecule has 0 unspecified atom stereocenters. The van der Waals surface area contributed by atoms with Gasteiger partial charge in [-0.2, -0.15) is 13.2 Å². The minimum atomic E-state index is -4.58. The van der Waals surface area contributed by atoms with Crippen molar-refractivity contribution in [3.05, 3.63) is 36.2 Å². The third-order valence-corrected chi connectivity index (χ3v) is 1.33. The molecule has 0 aromatic heterocycles. The van der Waals surface area contributed by atoms with Crippen LogP contribution in [-0.2, 0) is 0 Å². The Kier molecular flexibility index (Phi) is 3.24. The van der Waals surface area contributed by atoms with Crippen molar-refractivity contribution in [3.63, 3.8) is 0 Å². The minimum absolute atomic E-state index is 0.530. The molecule has 0 bridgehead atoms. The fourth-order valence-corrected chi connectivity index (χ4v) is 0.510. The van der Waals surface area contributed by atoms with Gasteiger partial charge in [0.25, 0.3) is 0 Å². The molecule has 0 radical (unpaired) electrons. The summed E-state index contributed by atoms with van der Waals surface area (Å²) < 4.78 is 48.1. The van der Waals surface area contributed by atoms with E-state index in [1.54, 1.807) is 0 Å². The molecule has 0 N–H and O–H groups in total. The van der Waals surface area contributed by atoms with E-state index in [-0.39, 0.29) is 0 Å². The van der Waals surface area contributed by atoms with Gasteiger partial charge in [0.2, 0.25) is 0 Å². The molecule has 0 spiro atoms. The van der Waals surface area contributed by atoms with Gasteiger partial charge in [-0.05, 0) is 18.6 Å². The fraction of sp³-hybridized carbons (Fsp3) is 0.250. The zero-order valence-corrected chi connectivity index (χ0v) is 6.50. The quantitative estimate of drug-likeness (QED) is 0.450. The van der Waals surface area contributed by atoms with Crippen molar-refractivity contribution in [3.8, 4) is 0 Å². The summed E-state index contributed by atoms with van der Waals surface area (Å²) >= 11 is 0. The van der Waals surface area contributed by atoms with Crippen molar-refractivity contribution in [2.75, 3.05) is 0 Å². The van der Waals surface area contributed by atoms with Gasteiger partial charge in [-0.3, -0.25) is 0 Å². The van der Waals surface area contributed by atoms with E-state index >= 15 is 0 Å². The van der Waals surface area contributed by atoms with Gasteiger partial charge < -0.3 is 0 Å². The number of halogens is 4. The second kappa shape index (κ2) is 3.56. The number of hydrogen-bond donors (Lipinski definition) is 0. The Bertz CT molecular complexity index is 232. The van der Waals surface area contributed by atoms with E-state index in [1.165, 1.54) is 0 Å². The summed E-state index contributed by atoms with van der Waals surface area (Å²) in [6, 6.07) is 0. The first kappa shape index (κ1) is 10.9. The second-order valence-electron chi connectivity index (χ2n) is 2.15. The highest BCUT2D eigenvalue weighted by molar-refractivity contribution is 5.35. The summed E-state index contributed by atoms with van der Waals surface area (Å²) in [5, 5.41) is 0. The maximum absolute atomic E-state index is 12.5. The minimum Gasteiger partial charge on any atom is -0.207 e. The molecule has 0 amide bonds. The molecule has 0 saturated carbocycles. The van der Waals surface area contributed by atoms with Gasteiger partial charge in [-0.15, -0.1) is 0 Å². The Balaban J connectivity index is 4.85. The molecular weight excluding hydrogens is 172 g/mol. The van der Waals surface area contributed by atoms with Gasteiger partial charge in [0.05, 0.1) is 5.57 Å². The topological polar surface area (TPSA) is 0 Å². The van der Waals surface area contributed by atoms with E-state index in [2.05, 4.69) is 13.2 Å². The zero-order valence-electron chi connectivity index (χ0n) is 6.50. The van der Waals surface area contributed by atoms with Gasteiger partial charge in [0.1, 0.15) is 5.83 Å². The monoisotopic (exact) mass is 180 g/mol. The lowest BCUT2D eigenvalue weighted by Crippen LogP contribution is -2.12. The lowest BCUT2D eigenvalue weighted by atomic mass is 10.1. The van der Waals surface area contributed by atoms with Crippen molar-refractivity contribution in [2.45, 2.75) is 13.1 Å². The fourth-order valence-electron chi connectivity index (χ4n) is 0.510. The lowest BCUT2D eigenvalue weighted by molar-refractivity contribution is -0.0891. The van der Waals surface area contributed by atoms with E-state index in [0.717, 1.165) is 6.92 Å². The van der Waals surface area contributed by atoms with Crippen LogP contribution in [0.2, 0.25) is 0 Å². The standard InChI is InChI=1S/C8H8F4/c1-4-7(9)5(2)6(3)8(10,11)12/h4H,1,3H2,2H3/b7-5+. The van der Waals surface area contributed by atoms with Crippen LogP contribution >= 0.6 is 0 Å². The van der Waals surface area contributed by atoms with Crippen molar-refractivity contribution in [1.29, 1.82) is 0 Å². The van der Waals surface area contributed by atoms with Crippen molar-refractivity contribution in [1.82, 2.24) is 0 Å². The van der Waals surface area contributed by atoms with Crippen LogP contribution < -0.4 is 0 Å². The molecule has 0 aliphatic rings. The average Bonchev–Trinajstić information content (AvgIpc) is 1.98. The molecule has 0 aliphatic carbocycles. The predicted molar refractivity (Wildman–Crippen MR) is 39.2 cm³/mol. The Morgan fingerprint density at radius 2 is 1.75 bits per heavy atom. The van der Waals surface area contributed by atoms with Crippen molar-refractivity contribution < 1.29 is 17.6 Å². The molecule has 68 valence electrons. The normalized spacial score (nSPS) is 13.8. The summed E-state index contributed by atoms with van der Waals surface area (Å²) in [6.45, 7) is 6.74. The van der Waals surface area contributed by atoms with Crippen LogP contribution in [-0.4, -0.2) is 6.18 Å². The number of hydrogen-bond acceptors (Lipinski definition) is 0. The molecule has 0 atom stereocenters. The summed E-state index contributed by atoms with van der Waals surface area (Å²) in [4.78, 5) is 0. The van der Waals surface area contributed by atoms with Gasteiger partial charge >= 0.3 is 6.18 Å². The first-order valence-corrected chi connectivity index (χ1v) is 3.06. The van der Waals surface area contributed by atoms with Crippen LogP contribution in [0.5, 0.6) is 0 Å². The van der Waals surface area contributed by atoms with Gasteiger partial charge in [-0.25, -0.2) is 4.39 Å². The van der Waals surface area contributed by atoms with E-state index in [9.17, 15) is 17.6 Å². The maximum atomic E-state index is 12.5. The highest BCUT2D eigenvalue weighted by Crippen LogP contribution is 2.31. The van der Waals surface area contributed by atoms with Crippen LogP contribution in [0.1, 0.15) is 6.92 Å². The molecule has 0 heterocycles. The van der Waals surface area contributed by atoms with Crippen LogP contribution in [0.4, 0.5) is 17.6 Å². The van der Waals surface area contributed by atoms with Crippen LogP contribution in [0.15, 0.2) is 36.2 Å². The Hall–Kier alpha value is -1.06. The molecule has 0 nitrogen and oxygen atoms in total. The first-order valence-electron chi connectivity index (χ1n) is 3.06. The van der Waals surface area contributed by atoms with Crippen LogP contribution in [0.3, 0.4) is 0 Å². The summed E-state index contributed by atoms with van der Waals surface area (Å²) in [5.74, 6) is -1.00. The number of alkyl halides is 3.